The van der Waals surface area contributed by atoms with Crippen LogP contribution in [-0.2, 0) is 0 Å². The van der Waals surface area contributed by atoms with Crippen LogP contribution >= 0.6 is 0 Å². The third kappa shape index (κ3) is 3.35. The first kappa shape index (κ1) is 13.6. The van der Waals surface area contributed by atoms with Gasteiger partial charge in [-0.1, -0.05) is 29.8 Å². The fourth-order valence-corrected chi connectivity index (χ4v) is 1.58. The van der Waals surface area contributed by atoms with Gasteiger partial charge in [0.25, 0.3) is 5.91 Å². The van der Waals surface area contributed by atoms with Crippen LogP contribution < -0.4 is 5.43 Å². The molecular formula is C15H14N2O3. The Bertz CT molecular complexity index is 649. The number of hydrogen-bond donors (Lipinski definition) is 3. The quantitative estimate of drug-likeness (QED) is 0.454. The maximum absolute atomic E-state index is 11.8. The van der Waals surface area contributed by atoms with Gasteiger partial charge in [0.15, 0.2) is 0 Å². The lowest BCUT2D eigenvalue weighted by molar-refractivity contribution is 0.0952. The predicted octanol–water partition coefficient (Wildman–Crippen LogP) is 2.17. The van der Waals surface area contributed by atoms with Gasteiger partial charge in [-0.15, -0.1) is 0 Å². The molecule has 5 nitrogen and oxygen atoms in total. The van der Waals surface area contributed by atoms with Gasteiger partial charge >= 0.3 is 0 Å². The first-order chi connectivity index (χ1) is 9.56. The molecule has 0 aliphatic rings. The Morgan fingerprint density at radius 1 is 1.15 bits per heavy atom. The Hall–Kier alpha value is -2.82. The summed E-state index contributed by atoms with van der Waals surface area (Å²) in [4.78, 5) is 11.8. The second-order valence-electron chi connectivity index (χ2n) is 4.31. The number of hydrazone groups is 1. The van der Waals surface area contributed by atoms with Gasteiger partial charge in [-0.05, 0) is 30.7 Å². The second-order valence-corrected chi connectivity index (χ2v) is 4.31. The van der Waals surface area contributed by atoms with Crippen LogP contribution in [0.5, 0.6) is 11.5 Å². The van der Waals surface area contributed by atoms with Gasteiger partial charge in [-0.3, -0.25) is 4.79 Å². The van der Waals surface area contributed by atoms with E-state index in [1.165, 1.54) is 24.4 Å². The molecule has 2 aromatic rings. The van der Waals surface area contributed by atoms with Gasteiger partial charge in [-0.25, -0.2) is 5.43 Å². The monoisotopic (exact) mass is 270 g/mol. The van der Waals surface area contributed by atoms with Crippen LogP contribution in [0.1, 0.15) is 21.5 Å². The van der Waals surface area contributed by atoms with E-state index in [1.54, 1.807) is 0 Å². The van der Waals surface area contributed by atoms with E-state index in [0.717, 1.165) is 11.1 Å². The summed E-state index contributed by atoms with van der Waals surface area (Å²) in [6, 6.07) is 11.3. The molecular weight excluding hydrogens is 256 g/mol. The van der Waals surface area contributed by atoms with Crippen molar-refractivity contribution < 1.29 is 15.0 Å². The molecule has 0 aliphatic heterocycles. The highest BCUT2D eigenvalue weighted by atomic mass is 16.3. The van der Waals surface area contributed by atoms with Crippen LogP contribution in [-0.4, -0.2) is 22.3 Å². The molecule has 0 fully saturated rings. The molecule has 0 saturated heterocycles. The molecule has 0 spiro atoms. The normalized spacial score (nSPS) is 10.7. The maximum Gasteiger partial charge on any atom is 0.275 e. The molecule has 2 rings (SSSR count). The summed E-state index contributed by atoms with van der Waals surface area (Å²) in [5, 5.41) is 22.6. The number of phenolic OH excluding ortho intramolecular Hbond substituents is 2. The van der Waals surface area contributed by atoms with E-state index >= 15 is 0 Å². The SMILES string of the molecule is Cc1ccc(/C=N/NC(=O)c2cc(O)ccc2O)cc1. The molecule has 1 amide bonds. The molecule has 5 heteroatoms. The number of amides is 1. The Labute approximate surface area is 116 Å². The zero-order chi connectivity index (χ0) is 14.5. The molecule has 0 aromatic heterocycles. The third-order valence-corrected chi connectivity index (χ3v) is 2.68. The van der Waals surface area contributed by atoms with Crippen molar-refractivity contribution in [2.45, 2.75) is 6.92 Å². The van der Waals surface area contributed by atoms with Crippen molar-refractivity contribution in [3.63, 3.8) is 0 Å². The van der Waals surface area contributed by atoms with Crippen molar-refractivity contribution in [3.8, 4) is 11.5 Å². The topological polar surface area (TPSA) is 81.9 Å². The summed E-state index contributed by atoms with van der Waals surface area (Å²) < 4.78 is 0. The Morgan fingerprint density at radius 3 is 2.55 bits per heavy atom. The first-order valence-electron chi connectivity index (χ1n) is 5.98. The average Bonchev–Trinajstić information content (AvgIpc) is 2.43. The molecule has 2 aromatic carbocycles. The first-order valence-corrected chi connectivity index (χ1v) is 5.98. The molecule has 0 bridgehead atoms. The number of aromatic hydroxyl groups is 2. The van der Waals surface area contributed by atoms with Gasteiger partial charge < -0.3 is 10.2 Å². The molecule has 0 atom stereocenters. The van der Waals surface area contributed by atoms with Crippen molar-refractivity contribution in [1.82, 2.24) is 5.43 Å². The van der Waals surface area contributed by atoms with Crippen molar-refractivity contribution >= 4 is 12.1 Å². The van der Waals surface area contributed by atoms with Gasteiger partial charge in [0.2, 0.25) is 0 Å². The Morgan fingerprint density at radius 2 is 1.85 bits per heavy atom. The lowest BCUT2D eigenvalue weighted by atomic mass is 10.2. The smallest absolute Gasteiger partial charge is 0.275 e. The standard InChI is InChI=1S/C15H14N2O3/c1-10-2-4-11(5-3-10)9-16-17-15(20)13-8-12(18)6-7-14(13)19/h2-9,18-19H,1H3,(H,17,20)/b16-9+. The highest BCUT2D eigenvalue weighted by Crippen LogP contribution is 2.21. The molecule has 20 heavy (non-hydrogen) atoms. The summed E-state index contributed by atoms with van der Waals surface area (Å²) >= 11 is 0. The van der Waals surface area contributed by atoms with Crippen molar-refractivity contribution in [3.05, 3.63) is 59.2 Å². The zero-order valence-corrected chi connectivity index (χ0v) is 10.9. The number of benzene rings is 2. The third-order valence-electron chi connectivity index (χ3n) is 2.68. The van der Waals surface area contributed by atoms with Gasteiger partial charge in [0.1, 0.15) is 11.5 Å². The van der Waals surface area contributed by atoms with Crippen LogP contribution in [0, 0.1) is 6.92 Å². The summed E-state index contributed by atoms with van der Waals surface area (Å²) in [5.74, 6) is -0.914. The fraction of sp³-hybridized carbons (Fsp3) is 0.0667. The number of carbonyl (C=O) groups excluding carboxylic acids is 1. The van der Waals surface area contributed by atoms with E-state index in [4.69, 9.17) is 0 Å². The van der Waals surface area contributed by atoms with Gasteiger partial charge in [0, 0.05) is 0 Å². The van der Waals surface area contributed by atoms with Gasteiger partial charge in [0.05, 0.1) is 11.8 Å². The maximum atomic E-state index is 11.8. The average molecular weight is 270 g/mol. The summed E-state index contributed by atoms with van der Waals surface area (Å²) in [6.45, 7) is 1.98. The minimum Gasteiger partial charge on any atom is -0.508 e. The number of phenols is 2. The lowest BCUT2D eigenvalue weighted by Crippen LogP contribution is -2.17. The number of carbonyl (C=O) groups is 1. The summed E-state index contributed by atoms with van der Waals surface area (Å²) in [5.41, 5.74) is 4.23. The highest BCUT2D eigenvalue weighted by Gasteiger charge is 2.10. The molecule has 3 N–H and O–H groups in total. The lowest BCUT2D eigenvalue weighted by Gasteiger charge is -2.03. The highest BCUT2D eigenvalue weighted by molar-refractivity contribution is 5.97. The number of hydrogen-bond acceptors (Lipinski definition) is 4. The molecule has 0 heterocycles. The van der Waals surface area contributed by atoms with Crippen LogP contribution in [0.3, 0.4) is 0 Å². The molecule has 0 aliphatic carbocycles. The van der Waals surface area contributed by atoms with Crippen molar-refractivity contribution in [2.24, 2.45) is 5.10 Å². The van der Waals surface area contributed by atoms with E-state index in [0.29, 0.717) is 0 Å². The fourth-order valence-electron chi connectivity index (χ4n) is 1.58. The largest absolute Gasteiger partial charge is 0.508 e. The molecule has 0 unspecified atom stereocenters. The zero-order valence-electron chi connectivity index (χ0n) is 10.9. The molecule has 102 valence electrons. The Balaban J connectivity index is 2.05. The van der Waals surface area contributed by atoms with Gasteiger partial charge in [-0.2, -0.15) is 5.10 Å². The van der Waals surface area contributed by atoms with Crippen LogP contribution in [0.25, 0.3) is 0 Å². The summed E-state index contributed by atoms with van der Waals surface area (Å²) in [6.07, 6.45) is 1.50. The van der Waals surface area contributed by atoms with Crippen LogP contribution in [0.15, 0.2) is 47.6 Å². The number of nitrogens with zero attached hydrogens (tertiary/aromatic N) is 1. The van der Waals surface area contributed by atoms with E-state index in [9.17, 15) is 15.0 Å². The summed E-state index contributed by atoms with van der Waals surface area (Å²) in [7, 11) is 0. The van der Waals surface area contributed by atoms with E-state index in [1.807, 2.05) is 31.2 Å². The van der Waals surface area contributed by atoms with Crippen molar-refractivity contribution in [1.29, 1.82) is 0 Å². The predicted molar refractivity (Wildman–Crippen MR) is 76.0 cm³/mol. The Kier molecular flexibility index (Phi) is 4.00. The van der Waals surface area contributed by atoms with E-state index in [-0.39, 0.29) is 17.1 Å². The van der Waals surface area contributed by atoms with Crippen LogP contribution in [0.4, 0.5) is 0 Å². The molecule has 0 saturated carbocycles. The number of rotatable bonds is 3. The van der Waals surface area contributed by atoms with Crippen molar-refractivity contribution in [2.75, 3.05) is 0 Å². The van der Waals surface area contributed by atoms with Crippen LogP contribution in [0.2, 0.25) is 0 Å². The van der Waals surface area contributed by atoms with E-state index in [2.05, 4.69) is 10.5 Å². The second kappa shape index (κ2) is 5.88. The number of nitrogens with one attached hydrogen (secondary N) is 1. The van der Waals surface area contributed by atoms with E-state index < -0.39 is 5.91 Å². The minimum atomic E-state index is -0.596. The minimum absolute atomic E-state index is 0.0361. The molecule has 0 radical (unpaired) electrons. The number of aryl methyl sites for hydroxylation is 1.